The van der Waals surface area contributed by atoms with E-state index in [-0.39, 0.29) is 18.1 Å². The van der Waals surface area contributed by atoms with Crippen LogP contribution >= 0.6 is 0 Å². The Labute approximate surface area is 162 Å². The number of hydrogen-bond acceptors (Lipinski definition) is 4. The third-order valence-electron chi connectivity index (χ3n) is 4.97. The second kappa shape index (κ2) is 8.50. The molecule has 0 bridgehead atoms. The number of carbonyl (C=O) groups is 2. The molecular formula is C21H22FNO5. The van der Waals surface area contributed by atoms with Crippen LogP contribution in [0.3, 0.4) is 0 Å². The van der Waals surface area contributed by atoms with Crippen molar-refractivity contribution in [1.82, 2.24) is 0 Å². The van der Waals surface area contributed by atoms with Gasteiger partial charge in [0, 0.05) is 26.0 Å². The molecule has 0 aliphatic carbocycles. The monoisotopic (exact) mass is 387 g/mol. The van der Waals surface area contributed by atoms with E-state index in [2.05, 4.69) is 5.32 Å². The highest BCUT2D eigenvalue weighted by Gasteiger charge is 2.42. The van der Waals surface area contributed by atoms with E-state index in [1.807, 2.05) is 0 Å². The van der Waals surface area contributed by atoms with E-state index in [0.29, 0.717) is 42.9 Å². The molecule has 2 aromatic carbocycles. The Bertz CT molecular complexity index is 877. The highest BCUT2D eigenvalue weighted by atomic mass is 19.1. The Morgan fingerprint density at radius 1 is 1.21 bits per heavy atom. The van der Waals surface area contributed by atoms with Gasteiger partial charge in [-0.3, -0.25) is 4.79 Å². The lowest BCUT2D eigenvalue weighted by atomic mass is 9.73. The summed E-state index contributed by atoms with van der Waals surface area (Å²) in [5.74, 6) is -1.82. The zero-order chi connectivity index (χ0) is 20.1. The molecule has 1 saturated heterocycles. The number of carboxylic acid groups (broad SMARTS) is 1. The van der Waals surface area contributed by atoms with Gasteiger partial charge in [0.1, 0.15) is 5.82 Å². The van der Waals surface area contributed by atoms with Gasteiger partial charge >= 0.3 is 5.97 Å². The molecule has 7 heteroatoms. The van der Waals surface area contributed by atoms with E-state index < -0.39 is 17.2 Å². The molecule has 1 fully saturated rings. The molecule has 0 atom stereocenters. The van der Waals surface area contributed by atoms with Crippen molar-refractivity contribution in [3.8, 4) is 0 Å². The summed E-state index contributed by atoms with van der Waals surface area (Å²) in [6.07, 6.45) is 0.817. The molecule has 148 valence electrons. The standard InChI is InChI=1S/C21H22FNO5/c1-27-13-14-9-15(19(24)25)11-18(10-14)23-20(26)21(5-7-28-8-6-21)16-3-2-4-17(22)12-16/h2-4,9-12H,5-8,13H2,1H3,(H,23,26)(H,24,25). The summed E-state index contributed by atoms with van der Waals surface area (Å²) >= 11 is 0. The minimum Gasteiger partial charge on any atom is -0.478 e. The summed E-state index contributed by atoms with van der Waals surface area (Å²) in [4.78, 5) is 24.7. The highest BCUT2D eigenvalue weighted by molar-refractivity contribution is 6.00. The molecule has 1 aliphatic rings. The van der Waals surface area contributed by atoms with Gasteiger partial charge in [0.05, 0.1) is 17.6 Å². The fourth-order valence-corrected chi connectivity index (χ4v) is 3.54. The quantitative estimate of drug-likeness (QED) is 0.794. The predicted octanol–water partition coefficient (Wildman–Crippen LogP) is 3.36. The topological polar surface area (TPSA) is 84.9 Å². The minimum atomic E-state index is -1.10. The molecule has 2 aromatic rings. The van der Waals surface area contributed by atoms with Crippen LogP contribution < -0.4 is 5.32 Å². The summed E-state index contributed by atoms with van der Waals surface area (Å²) in [6.45, 7) is 0.981. The van der Waals surface area contributed by atoms with Gasteiger partial charge in [-0.2, -0.15) is 0 Å². The number of carboxylic acids is 1. The van der Waals surface area contributed by atoms with Crippen molar-refractivity contribution in [2.75, 3.05) is 25.6 Å². The van der Waals surface area contributed by atoms with Gasteiger partial charge in [0.2, 0.25) is 5.91 Å². The number of carbonyl (C=O) groups excluding carboxylic acids is 1. The Morgan fingerprint density at radius 3 is 2.61 bits per heavy atom. The van der Waals surface area contributed by atoms with Crippen molar-refractivity contribution in [2.24, 2.45) is 0 Å². The van der Waals surface area contributed by atoms with Gasteiger partial charge < -0.3 is 19.9 Å². The maximum absolute atomic E-state index is 13.8. The van der Waals surface area contributed by atoms with Crippen LogP contribution in [0.15, 0.2) is 42.5 Å². The van der Waals surface area contributed by atoms with Crippen molar-refractivity contribution in [1.29, 1.82) is 0 Å². The Morgan fingerprint density at radius 2 is 1.96 bits per heavy atom. The van der Waals surface area contributed by atoms with Crippen LogP contribution in [0.2, 0.25) is 0 Å². The van der Waals surface area contributed by atoms with Gasteiger partial charge in [-0.1, -0.05) is 12.1 Å². The van der Waals surface area contributed by atoms with Crippen molar-refractivity contribution in [2.45, 2.75) is 24.9 Å². The lowest BCUT2D eigenvalue weighted by Gasteiger charge is -2.36. The van der Waals surface area contributed by atoms with E-state index in [4.69, 9.17) is 9.47 Å². The SMILES string of the molecule is COCc1cc(NC(=O)C2(c3cccc(F)c3)CCOCC2)cc(C(=O)O)c1. The largest absolute Gasteiger partial charge is 0.478 e. The van der Waals surface area contributed by atoms with Crippen LogP contribution in [0.4, 0.5) is 10.1 Å². The normalized spacial score (nSPS) is 15.8. The van der Waals surface area contributed by atoms with E-state index in [1.54, 1.807) is 18.2 Å². The second-order valence-corrected chi connectivity index (χ2v) is 6.82. The smallest absolute Gasteiger partial charge is 0.335 e. The van der Waals surface area contributed by atoms with Gasteiger partial charge in [-0.05, 0) is 54.3 Å². The third kappa shape index (κ3) is 4.21. The second-order valence-electron chi connectivity index (χ2n) is 6.82. The number of rotatable bonds is 6. The van der Waals surface area contributed by atoms with Crippen LogP contribution in [0, 0.1) is 5.82 Å². The summed E-state index contributed by atoms with van der Waals surface area (Å²) < 4.78 is 24.3. The first-order valence-corrected chi connectivity index (χ1v) is 8.96. The first-order valence-electron chi connectivity index (χ1n) is 8.96. The summed E-state index contributed by atoms with van der Waals surface area (Å²) in [5.41, 5.74) is 0.682. The van der Waals surface area contributed by atoms with E-state index in [9.17, 15) is 19.1 Å². The molecule has 1 amide bonds. The molecule has 0 saturated carbocycles. The fraction of sp³-hybridized carbons (Fsp3) is 0.333. The van der Waals surface area contributed by atoms with Crippen LogP contribution in [-0.2, 0) is 26.3 Å². The molecule has 28 heavy (non-hydrogen) atoms. The fourth-order valence-electron chi connectivity index (χ4n) is 3.54. The Hall–Kier alpha value is -2.77. The zero-order valence-electron chi connectivity index (χ0n) is 15.5. The van der Waals surface area contributed by atoms with E-state index >= 15 is 0 Å². The Balaban J connectivity index is 1.95. The number of halogens is 1. The number of ether oxygens (including phenoxy) is 2. The number of benzene rings is 2. The van der Waals surface area contributed by atoms with Crippen LogP contribution in [0.25, 0.3) is 0 Å². The number of anilines is 1. The Kier molecular flexibility index (Phi) is 6.06. The maximum atomic E-state index is 13.8. The lowest BCUT2D eigenvalue weighted by Crippen LogP contribution is -2.45. The van der Waals surface area contributed by atoms with Crippen molar-refractivity contribution in [3.63, 3.8) is 0 Å². The number of hydrogen-bond donors (Lipinski definition) is 2. The third-order valence-corrected chi connectivity index (χ3v) is 4.97. The van der Waals surface area contributed by atoms with Crippen LogP contribution in [-0.4, -0.2) is 37.3 Å². The van der Waals surface area contributed by atoms with Crippen LogP contribution in [0.5, 0.6) is 0 Å². The first-order chi connectivity index (χ1) is 13.4. The molecule has 0 unspecified atom stereocenters. The number of amides is 1. The van der Waals surface area contributed by atoms with Gasteiger partial charge in [0.25, 0.3) is 0 Å². The maximum Gasteiger partial charge on any atom is 0.335 e. The average molecular weight is 387 g/mol. The molecule has 1 heterocycles. The van der Waals surface area contributed by atoms with E-state index in [0.717, 1.165) is 0 Å². The molecule has 1 aliphatic heterocycles. The molecule has 0 radical (unpaired) electrons. The predicted molar refractivity (Wildman–Crippen MR) is 101 cm³/mol. The molecular weight excluding hydrogens is 365 g/mol. The number of aromatic carboxylic acids is 1. The van der Waals surface area contributed by atoms with Crippen LogP contribution in [0.1, 0.15) is 34.3 Å². The summed E-state index contributed by atoms with van der Waals surface area (Å²) in [7, 11) is 1.51. The number of nitrogens with one attached hydrogen (secondary N) is 1. The number of methoxy groups -OCH3 is 1. The average Bonchev–Trinajstić information content (AvgIpc) is 2.68. The van der Waals surface area contributed by atoms with E-state index in [1.165, 1.54) is 31.4 Å². The first kappa shape index (κ1) is 20.0. The minimum absolute atomic E-state index is 0.0524. The lowest BCUT2D eigenvalue weighted by molar-refractivity contribution is -0.125. The molecule has 0 spiro atoms. The van der Waals surface area contributed by atoms with Gasteiger partial charge in [0.15, 0.2) is 0 Å². The van der Waals surface area contributed by atoms with Crippen molar-refractivity contribution < 1.29 is 28.6 Å². The van der Waals surface area contributed by atoms with Gasteiger partial charge in [-0.15, -0.1) is 0 Å². The molecule has 2 N–H and O–H groups in total. The highest BCUT2D eigenvalue weighted by Crippen LogP contribution is 2.36. The zero-order valence-corrected chi connectivity index (χ0v) is 15.5. The molecule has 3 rings (SSSR count). The molecule has 6 nitrogen and oxygen atoms in total. The van der Waals surface area contributed by atoms with Crippen molar-refractivity contribution >= 4 is 17.6 Å². The summed E-state index contributed by atoms with van der Waals surface area (Å²) in [6, 6.07) is 10.6. The van der Waals surface area contributed by atoms with Crippen molar-refractivity contribution in [3.05, 3.63) is 65.0 Å². The summed E-state index contributed by atoms with van der Waals surface area (Å²) in [5, 5.41) is 12.2. The molecule has 0 aromatic heterocycles. The van der Waals surface area contributed by atoms with Gasteiger partial charge in [-0.25, -0.2) is 9.18 Å².